The Balaban J connectivity index is 2.21. The molecular formula is C22H29N5O8. The fraction of sp³-hybridized carbons (Fsp3) is 0.455. The lowest BCUT2D eigenvalue weighted by Gasteiger charge is -2.30. The van der Waals surface area contributed by atoms with Crippen LogP contribution in [0.1, 0.15) is 31.2 Å². The van der Waals surface area contributed by atoms with E-state index in [2.05, 4.69) is 10.6 Å². The van der Waals surface area contributed by atoms with Gasteiger partial charge in [-0.1, -0.05) is 30.3 Å². The molecule has 4 atom stereocenters. The van der Waals surface area contributed by atoms with Gasteiger partial charge in [0, 0.05) is 13.0 Å². The van der Waals surface area contributed by atoms with E-state index in [0.29, 0.717) is 12.0 Å². The van der Waals surface area contributed by atoms with Crippen molar-refractivity contribution in [1.82, 2.24) is 15.5 Å². The zero-order valence-electron chi connectivity index (χ0n) is 18.9. The van der Waals surface area contributed by atoms with Crippen LogP contribution in [0.5, 0.6) is 0 Å². The number of benzene rings is 1. The van der Waals surface area contributed by atoms with Gasteiger partial charge in [-0.2, -0.15) is 0 Å². The van der Waals surface area contributed by atoms with Crippen LogP contribution in [-0.2, 0) is 35.2 Å². The molecule has 0 bridgehead atoms. The minimum Gasteiger partial charge on any atom is -0.481 e. The van der Waals surface area contributed by atoms with E-state index in [0.717, 1.165) is 0 Å². The largest absolute Gasteiger partial charge is 0.481 e. The van der Waals surface area contributed by atoms with Gasteiger partial charge >= 0.3 is 11.9 Å². The lowest BCUT2D eigenvalue weighted by atomic mass is 10.0. The van der Waals surface area contributed by atoms with Crippen LogP contribution in [0.3, 0.4) is 0 Å². The molecule has 8 N–H and O–H groups in total. The number of hydrogen-bond donors (Lipinski definition) is 6. The molecule has 1 heterocycles. The van der Waals surface area contributed by atoms with Gasteiger partial charge in [-0.25, -0.2) is 4.79 Å². The Hall–Kier alpha value is -4.00. The number of amides is 4. The Labute approximate surface area is 200 Å². The highest BCUT2D eigenvalue weighted by Crippen LogP contribution is 2.20. The van der Waals surface area contributed by atoms with Crippen molar-refractivity contribution in [3.8, 4) is 0 Å². The molecule has 1 fully saturated rings. The van der Waals surface area contributed by atoms with Crippen LogP contribution < -0.4 is 22.1 Å². The minimum absolute atomic E-state index is 0.0511. The highest BCUT2D eigenvalue weighted by Gasteiger charge is 2.39. The summed E-state index contributed by atoms with van der Waals surface area (Å²) in [5.74, 6) is -5.86. The molecule has 4 amide bonds. The van der Waals surface area contributed by atoms with Gasteiger partial charge in [0.05, 0.1) is 18.9 Å². The third-order valence-corrected chi connectivity index (χ3v) is 5.49. The summed E-state index contributed by atoms with van der Waals surface area (Å²) in [6, 6.07) is 3.61. The van der Waals surface area contributed by atoms with E-state index in [4.69, 9.17) is 16.6 Å². The second-order valence-electron chi connectivity index (χ2n) is 8.21. The molecule has 1 saturated heterocycles. The normalized spacial score (nSPS) is 17.6. The number of aliphatic carboxylic acids is 2. The number of carboxylic acids is 2. The fourth-order valence-electron chi connectivity index (χ4n) is 3.78. The van der Waals surface area contributed by atoms with Crippen LogP contribution in [0.15, 0.2) is 30.3 Å². The summed E-state index contributed by atoms with van der Waals surface area (Å²) in [6.45, 7) is 0.173. The maximum Gasteiger partial charge on any atom is 0.326 e. The molecule has 1 aromatic rings. The van der Waals surface area contributed by atoms with Gasteiger partial charge in [0.25, 0.3) is 0 Å². The van der Waals surface area contributed by atoms with Crippen molar-refractivity contribution < 1.29 is 39.0 Å². The molecule has 0 radical (unpaired) electrons. The maximum absolute atomic E-state index is 13.4. The first-order chi connectivity index (χ1) is 16.5. The van der Waals surface area contributed by atoms with Gasteiger partial charge in [-0.15, -0.1) is 0 Å². The fourth-order valence-corrected chi connectivity index (χ4v) is 3.78. The molecule has 0 aromatic heterocycles. The van der Waals surface area contributed by atoms with E-state index < -0.39 is 72.6 Å². The number of nitrogens with one attached hydrogen (secondary N) is 2. The summed E-state index contributed by atoms with van der Waals surface area (Å²) in [6.07, 6.45) is -0.512. The number of hydrogen-bond acceptors (Lipinski definition) is 7. The smallest absolute Gasteiger partial charge is 0.326 e. The molecule has 4 unspecified atom stereocenters. The first kappa shape index (κ1) is 27.2. The SMILES string of the molecule is NC(=O)CC(NC(=O)C1CCCN1C(=O)C(Cc1ccccc1)NC(=O)C(N)CC(=O)O)C(=O)O. The Morgan fingerprint density at radius 1 is 1.00 bits per heavy atom. The Kier molecular flexibility index (Phi) is 9.70. The first-order valence-electron chi connectivity index (χ1n) is 10.9. The van der Waals surface area contributed by atoms with Gasteiger partial charge in [0.1, 0.15) is 18.1 Å². The minimum atomic E-state index is -1.55. The average molecular weight is 492 g/mol. The molecule has 0 aliphatic carbocycles. The molecule has 2 rings (SSSR count). The lowest BCUT2D eigenvalue weighted by Crippen LogP contribution is -2.57. The summed E-state index contributed by atoms with van der Waals surface area (Å²) in [7, 11) is 0. The van der Waals surface area contributed by atoms with Gasteiger partial charge in [0.2, 0.25) is 23.6 Å². The van der Waals surface area contributed by atoms with Gasteiger partial charge in [-0.05, 0) is 18.4 Å². The first-order valence-corrected chi connectivity index (χ1v) is 10.9. The molecule has 190 valence electrons. The van der Waals surface area contributed by atoms with Crippen LogP contribution in [-0.4, -0.2) is 81.4 Å². The van der Waals surface area contributed by atoms with Crippen molar-refractivity contribution in [3.63, 3.8) is 0 Å². The number of carbonyl (C=O) groups excluding carboxylic acids is 4. The summed E-state index contributed by atoms with van der Waals surface area (Å²) >= 11 is 0. The number of likely N-dealkylation sites (tertiary alicyclic amines) is 1. The number of rotatable bonds is 12. The summed E-state index contributed by atoms with van der Waals surface area (Å²) in [5, 5.41) is 22.9. The average Bonchev–Trinajstić information content (AvgIpc) is 3.27. The van der Waals surface area contributed by atoms with Gasteiger partial charge < -0.3 is 37.2 Å². The second-order valence-corrected chi connectivity index (χ2v) is 8.21. The van der Waals surface area contributed by atoms with Crippen molar-refractivity contribution in [2.24, 2.45) is 11.5 Å². The van der Waals surface area contributed by atoms with Crippen molar-refractivity contribution in [2.75, 3.05) is 6.54 Å². The van der Waals surface area contributed by atoms with Crippen molar-refractivity contribution >= 4 is 35.6 Å². The van der Waals surface area contributed by atoms with Crippen LogP contribution >= 0.6 is 0 Å². The van der Waals surface area contributed by atoms with Crippen LogP contribution in [0.25, 0.3) is 0 Å². The van der Waals surface area contributed by atoms with Gasteiger partial charge in [-0.3, -0.25) is 24.0 Å². The number of carboxylic acid groups (broad SMARTS) is 2. The highest BCUT2D eigenvalue weighted by molar-refractivity contribution is 5.95. The van der Waals surface area contributed by atoms with E-state index in [1.54, 1.807) is 30.3 Å². The molecule has 35 heavy (non-hydrogen) atoms. The standard InChI is InChI=1S/C22H29N5O8/c23-13(10-18(29)30)19(31)25-14(9-12-5-2-1-3-6-12)21(33)27-8-4-7-16(27)20(32)26-15(22(34)35)11-17(24)28/h1-3,5-6,13-16H,4,7-11,23H2,(H2,24,28)(H,25,31)(H,26,32)(H,29,30)(H,34,35). The number of primary amides is 1. The second kappa shape index (κ2) is 12.5. The zero-order chi connectivity index (χ0) is 26.1. The van der Waals surface area contributed by atoms with Crippen molar-refractivity contribution in [2.45, 2.75) is 56.3 Å². The van der Waals surface area contributed by atoms with Gasteiger partial charge in [0.15, 0.2) is 0 Å². The Morgan fingerprint density at radius 2 is 1.66 bits per heavy atom. The van der Waals surface area contributed by atoms with E-state index in [9.17, 15) is 33.9 Å². The summed E-state index contributed by atoms with van der Waals surface area (Å²) in [5.41, 5.74) is 11.4. The monoisotopic (exact) mass is 491 g/mol. The number of nitrogens with two attached hydrogens (primary N) is 2. The van der Waals surface area contributed by atoms with Crippen LogP contribution in [0.4, 0.5) is 0 Å². The molecule has 0 saturated carbocycles. The molecule has 1 aliphatic rings. The van der Waals surface area contributed by atoms with E-state index in [1.165, 1.54) is 4.90 Å². The van der Waals surface area contributed by atoms with E-state index >= 15 is 0 Å². The molecular weight excluding hydrogens is 462 g/mol. The third kappa shape index (κ3) is 8.07. The summed E-state index contributed by atoms with van der Waals surface area (Å²) < 4.78 is 0. The molecule has 13 nitrogen and oxygen atoms in total. The van der Waals surface area contributed by atoms with Crippen LogP contribution in [0.2, 0.25) is 0 Å². The Bertz CT molecular complexity index is 970. The molecule has 0 spiro atoms. The Morgan fingerprint density at radius 3 is 2.23 bits per heavy atom. The molecule has 1 aliphatic heterocycles. The number of nitrogens with zero attached hydrogens (tertiary/aromatic N) is 1. The maximum atomic E-state index is 13.4. The van der Waals surface area contributed by atoms with Crippen molar-refractivity contribution in [1.29, 1.82) is 0 Å². The summed E-state index contributed by atoms with van der Waals surface area (Å²) in [4.78, 5) is 73.3. The van der Waals surface area contributed by atoms with Crippen LogP contribution in [0, 0.1) is 0 Å². The third-order valence-electron chi connectivity index (χ3n) is 5.49. The predicted molar refractivity (Wildman–Crippen MR) is 120 cm³/mol. The quantitative estimate of drug-likeness (QED) is 0.189. The predicted octanol–water partition coefficient (Wildman–Crippen LogP) is -2.05. The van der Waals surface area contributed by atoms with Crippen molar-refractivity contribution in [3.05, 3.63) is 35.9 Å². The zero-order valence-corrected chi connectivity index (χ0v) is 18.9. The highest BCUT2D eigenvalue weighted by atomic mass is 16.4. The topological polar surface area (TPSA) is 222 Å². The van der Waals surface area contributed by atoms with E-state index in [1.807, 2.05) is 0 Å². The van der Waals surface area contributed by atoms with E-state index in [-0.39, 0.29) is 19.4 Å². The lowest BCUT2D eigenvalue weighted by molar-refractivity contribution is -0.146. The number of carbonyl (C=O) groups is 6. The molecule has 13 heteroatoms. The molecule has 1 aromatic carbocycles.